The summed E-state index contributed by atoms with van der Waals surface area (Å²) in [6.45, 7) is 5.40. The minimum atomic E-state index is -1.33. The van der Waals surface area contributed by atoms with E-state index in [2.05, 4.69) is 10.1 Å². The Bertz CT molecular complexity index is 823. The maximum atomic E-state index is 12.0. The number of hydrogen-bond donors (Lipinski definition) is 2. The van der Waals surface area contributed by atoms with Gasteiger partial charge in [-0.25, -0.2) is 4.79 Å². The monoisotopic (exact) mass is 634 g/mol. The summed E-state index contributed by atoms with van der Waals surface area (Å²) in [5.41, 5.74) is 0. The first-order valence-electron chi connectivity index (χ1n) is 14.6. The first-order chi connectivity index (χ1) is 21.4. The SMILES string of the molecule is O=C[C@H](CCCCN1C(=O)C=CC1=O)NC(=O)CCOCCOCCOCCOCCOCCOCCOCCOC(=O)O. The van der Waals surface area contributed by atoms with Crippen LogP contribution >= 0.6 is 0 Å². The van der Waals surface area contributed by atoms with Crippen molar-refractivity contribution in [1.29, 1.82) is 0 Å². The Morgan fingerprint density at radius 2 is 1.09 bits per heavy atom. The summed E-state index contributed by atoms with van der Waals surface area (Å²) in [6, 6.07) is -0.627. The van der Waals surface area contributed by atoms with Crippen LogP contribution in [0.15, 0.2) is 12.2 Å². The van der Waals surface area contributed by atoms with E-state index >= 15 is 0 Å². The number of amides is 3. The highest BCUT2D eigenvalue weighted by atomic mass is 16.7. The van der Waals surface area contributed by atoms with E-state index in [-0.39, 0.29) is 50.5 Å². The Hall–Kier alpha value is -2.99. The van der Waals surface area contributed by atoms with Gasteiger partial charge in [-0.15, -0.1) is 0 Å². The normalized spacial score (nSPS) is 13.4. The molecule has 1 aliphatic rings. The van der Waals surface area contributed by atoms with Crippen LogP contribution in [0.3, 0.4) is 0 Å². The molecular formula is C28H46N2O14. The molecule has 0 aliphatic carbocycles. The second-order valence-electron chi connectivity index (χ2n) is 9.12. The molecule has 0 radical (unpaired) electrons. The lowest BCUT2D eigenvalue weighted by atomic mass is 10.1. The molecule has 0 fully saturated rings. The molecule has 1 heterocycles. The molecule has 0 saturated heterocycles. The van der Waals surface area contributed by atoms with Gasteiger partial charge in [0, 0.05) is 25.1 Å². The van der Waals surface area contributed by atoms with Gasteiger partial charge in [0.2, 0.25) is 5.91 Å². The van der Waals surface area contributed by atoms with Gasteiger partial charge in [0.25, 0.3) is 11.8 Å². The van der Waals surface area contributed by atoms with Gasteiger partial charge in [-0.2, -0.15) is 0 Å². The number of carboxylic acid groups (broad SMARTS) is 1. The molecule has 3 amide bonds. The lowest BCUT2D eigenvalue weighted by Gasteiger charge is -2.15. The number of nitrogens with one attached hydrogen (secondary N) is 1. The number of nitrogens with zero attached hydrogens (tertiary/aromatic N) is 1. The predicted octanol–water partition coefficient (Wildman–Crippen LogP) is -0.0337. The van der Waals surface area contributed by atoms with E-state index in [0.29, 0.717) is 105 Å². The molecule has 252 valence electrons. The predicted molar refractivity (Wildman–Crippen MR) is 152 cm³/mol. The van der Waals surface area contributed by atoms with E-state index < -0.39 is 12.2 Å². The average molecular weight is 635 g/mol. The first-order valence-corrected chi connectivity index (χ1v) is 14.6. The number of hydrogen-bond acceptors (Lipinski definition) is 13. The van der Waals surface area contributed by atoms with Crippen molar-refractivity contribution in [2.24, 2.45) is 0 Å². The van der Waals surface area contributed by atoms with Crippen LogP contribution in [-0.2, 0) is 57.1 Å². The second kappa shape index (κ2) is 27.6. The Morgan fingerprint density at radius 1 is 0.682 bits per heavy atom. The summed E-state index contributed by atoms with van der Waals surface area (Å²) in [6.07, 6.45) is 3.47. The summed E-state index contributed by atoms with van der Waals surface area (Å²) in [5.74, 6) is -0.963. The number of rotatable bonds is 31. The minimum absolute atomic E-state index is 0.00948. The maximum Gasteiger partial charge on any atom is 0.505 e. The fourth-order valence-corrected chi connectivity index (χ4v) is 3.51. The summed E-state index contributed by atoms with van der Waals surface area (Å²) in [4.78, 5) is 57.6. The highest BCUT2D eigenvalue weighted by Crippen LogP contribution is 2.07. The third kappa shape index (κ3) is 22.5. The van der Waals surface area contributed by atoms with Crippen molar-refractivity contribution in [2.45, 2.75) is 31.7 Å². The fourth-order valence-electron chi connectivity index (χ4n) is 3.51. The molecule has 0 spiro atoms. The molecule has 0 aromatic carbocycles. The zero-order valence-electron chi connectivity index (χ0n) is 25.2. The summed E-state index contributed by atoms with van der Waals surface area (Å²) in [7, 11) is 0. The van der Waals surface area contributed by atoms with Crippen LogP contribution in [0.5, 0.6) is 0 Å². The molecular weight excluding hydrogens is 588 g/mol. The van der Waals surface area contributed by atoms with Crippen LogP contribution in [0.2, 0.25) is 0 Å². The Kier molecular flexibility index (Phi) is 24.4. The molecule has 0 aromatic rings. The third-order valence-electron chi connectivity index (χ3n) is 5.72. The summed E-state index contributed by atoms with van der Waals surface area (Å²) >= 11 is 0. The van der Waals surface area contributed by atoms with Gasteiger partial charge in [-0.3, -0.25) is 19.3 Å². The molecule has 0 saturated carbocycles. The van der Waals surface area contributed by atoms with E-state index in [9.17, 15) is 24.0 Å². The lowest BCUT2D eigenvalue weighted by Crippen LogP contribution is -2.36. The van der Waals surface area contributed by atoms with Crippen LogP contribution in [0.1, 0.15) is 25.7 Å². The number of carbonyl (C=O) groups is 5. The van der Waals surface area contributed by atoms with E-state index in [0.717, 1.165) is 4.90 Å². The van der Waals surface area contributed by atoms with Crippen molar-refractivity contribution >= 4 is 30.2 Å². The van der Waals surface area contributed by atoms with Gasteiger partial charge in [0.1, 0.15) is 12.9 Å². The van der Waals surface area contributed by atoms with E-state index in [1.807, 2.05) is 0 Å². The summed E-state index contributed by atoms with van der Waals surface area (Å²) in [5, 5.41) is 10.9. The van der Waals surface area contributed by atoms with E-state index in [1.165, 1.54) is 12.2 Å². The number of aldehydes is 1. The van der Waals surface area contributed by atoms with E-state index in [1.54, 1.807) is 0 Å². The van der Waals surface area contributed by atoms with Gasteiger partial charge >= 0.3 is 6.16 Å². The molecule has 0 aromatic heterocycles. The average Bonchev–Trinajstić information content (AvgIpc) is 3.32. The fraction of sp³-hybridized carbons (Fsp3) is 0.750. The van der Waals surface area contributed by atoms with Crippen molar-refractivity contribution in [3.8, 4) is 0 Å². The smallest absolute Gasteiger partial charge is 0.450 e. The molecule has 44 heavy (non-hydrogen) atoms. The topological polar surface area (TPSA) is 195 Å². The van der Waals surface area contributed by atoms with Gasteiger partial charge in [-0.1, -0.05) is 0 Å². The first kappa shape index (κ1) is 39.0. The molecule has 1 aliphatic heterocycles. The van der Waals surface area contributed by atoms with Gasteiger partial charge in [0.15, 0.2) is 0 Å². The van der Waals surface area contributed by atoms with Crippen molar-refractivity contribution in [3.05, 3.63) is 12.2 Å². The van der Waals surface area contributed by atoms with Crippen LogP contribution in [-0.4, -0.2) is 152 Å². The molecule has 1 rings (SSSR count). The zero-order chi connectivity index (χ0) is 32.1. The Labute approximate surface area is 257 Å². The van der Waals surface area contributed by atoms with Gasteiger partial charge in [-0.05, 0) is 19.3 Å². The Morgan fingerprint density at radius 3 is 1.50 bits per heavy atom. The summed E-state index contributed by atoms with van der Waals surface area (Å²) < 4.78 is 41.7. The number of carbonyl (C=O) groups excluding carboxylic acids is 4. The molecule has 16 nitrogen and oxygen atoms in total. The lowest BCUT2D eigenvalue weighted by molar-refractivity contribution is -0.136. The third-order valence-corrected chi connectivity index (χ3v) is 5.72. The van der Waals surface area contributed by atoms with Crippen molar-refractivity contribution in [2.75, 3.05) is 106 Å². The standard InChI is InChI=1S/C28H46N2O14/c31-23-24(3-1-2-7-30-26(33)4-5-27(30)34)29-25(32)6-8-37-9-10-38-11-12-39-13-14-40-15-16-41-17-18-42-19-20-43-21-22-44-28(35)36/h4-5,23-24H,1-3,6-22H2,(H,29,32)(H,35,36)/t24-/m0/s1. The number of ether oxygens (including phenoxy) is 8. The molecule has 0 bridgehead atoms. The quantitative estimate of drug-likeness (QED) is 0.0446. The molecule has 2 N–H and O–H groups in total. The zero-order valence-corrected chi connectivity index (χ0v) is 25.2. The van der Waals surface area contributed by atoms with Gasteiger partial charge < -0.3 is 53.1 Å². The molecule has 16 heteroatoms. The molecule has 1 atom stereocenters. The highest BCUT2D eigenvalue weighted by Gasteiger charge is 2.22. The van der Waals surface area contributed by atoms with Crippen LogP contribution in [0, 0.1) is 0 Å². The van der Waals surface area contributed by atoms with E-state index in [4.69, 9.17) is 38.3 Å². The van der Waals surface area contributed by atoms with Crippen molar-refractivity contribution in [3.63, 3.8) is 0 Å². The number of unbranched alkanes of at least 4 members (excludes halogenated alkanes) is 1. The maximum absolute atomic E-state index is 12.0. The minimum Gasteiger partial charge on any atom is -0.450 e. The van der Waals surface area contributed by atoms with Crippen molar-refractivity contribution in [1.82, 2.24) is 10.2 Å². The molecule has 0 unspecified atom stereocenters. The van der Waals surface area contributed by atoms with Crippen LogP contribution in [0.25, 0.3) is 0 Å². The highest BCUT2D eigenvalue weighted by molar-refractivity contribution is 6.12. The Balaban J connectivity index is 1.78. The van der Waals surface area contributed by atoms with Gasteiger partial charge in [0.05, 0.1) is 98.5 Å². The van der Waals surface area contributed by atoms with Crippen LogP contribution < -0.4 is 5.32 Å². The number of imide groups is 1. The van der Waals surface area contributed by atoms with Crippen LogP contribution in [0.4, 0.5) is 4.79 Å². The second-order valence-corrected chi connectivity index (χ2v) is 9.12. The largest absolute Gasteiger partial charge is 0.505 e. The van der Waals surface area contributed by atoms with Crippen molar-refractivity contribution < 1.29 is 67.0 Å².